The third kappa shape index (κ3) is 3.88. The first kappa shape index (κ1) is 14.8. The molecular weight excluding hydrogens is 352 g/mol. The van der Waals surface area contributed by atoms with Gasteiger partial charge in [0.05, 0.1) is 45.7 Å². The van der Waals surface area contributed by atoms with Crippen molar-refractivity contribution < 1.29 is 27.3 Å². The summed E-state index contributed by atoms with van der Waals surface area (Å²) in [5, 5.41) is 19.6. The monoisotopic (exact) mass is 364 g/mol. The van der Waals surface area contributed by atoms with E-state index in [1.807, 2.05) is 0 Å². The minimum Gasteiger partial charge on any atom is -0.388 e. The molecule has 0 saturated carbocycles. The number of ether oxygens (including phenoxy) is 2. The maximum absolute atomic E-state index is 9.93. The van der Waals surface area contributed by atoms with Crippen LogP contribution in [0.3, 0.4) is 0 Å². The number of hydrogen-bond acceptors (Lipinski definition) is 6. The van der Waals surface area contributed by atoms with Crippen LogP contribution < -0.4 is 0 Å². The molecule has 0 aromatic carbocycles. The minimum atomic E-state index is -1.01. The van der Waals surface area contributed by atoms with Gasteiger partial charge in [0.25, 0.3) is 0 Å². The van der Waals surface area contributed by atoms with Crippen LogP contribution in [0.1, 0.15) is 6.92 Å². The average Bonchev–Trinajstić information content (AvgIpc) is 2.66. The Balaban J connectivity index is 2.51. The Hall–Kier alpha value is 0.720. The predicted molar refractivity (Wildman–Crippen MR) is 61.0 cm³/mol. The van der Waals surface area contributed by atoms with E-state index in [1.165, 1.54) is 0 Å². The molecule has 0 spiro atoms. The molecule has 8 heteroatoms. The lowest BCUT2D eigenvalue weighted by Gasteiger charge is -2.27. The summed E-state index contributed by atoms with van der Waals surface area (Å²) in [4.78, 5) is 0. The Kier molecular flexibility index (Phi) is 6.67. The molecule has 16 heavy (non-hydrogen) atoms. The third-order valence-corrected chi connectivity index (χ3v) is 2.99. The Morgan fingerprint density at radius 1 is 1.44 bits per heavy atom. The van der Waals surface area contributed by atoms with E-state index >= 15 is 0 Å². The first-order valence-electron chi connectivity index (χ1n) is 4.74. The first-order chi connectivity index (χ1) is 7.60. The van der Waals surface area contributed by atoms with Crippen LogP contribution >= 0.6 is 32.5 Å². The average molecular weight is 366 g/mol. The van der Waals surface area contributed by atoms with E-state index in [4.69, 9.17) is 13.3 Å². The van der Waals surface area contributed by atoms with Gasteiger partial charge in [-0.2, -0.15) is 0 Å². The Morgan fingerprint density at radius 3 is 2.56 bits per heavy atom. The van der Waals surface area contributed by atoms with Gasteiger partial charge in [-0.3, -0.25) is 3.83 Å². The van der Waals surface area contributed by atoms with Crippen LogP contribution in [0.4, 0.5) is 0 Å². The van der Waals surface area contributed by atoms with Gasteiger partial charge in [0.15, 0.2) is 6.29 Å². The van der Waals surface area contributed by atoms with Gasteiger partial charge in [0.2, 0.25) is 0 Å². The van der Waals surface area contributed by atoms with Gasteiger partial charge in [-0.1, -0.05) is 0 Å². The van der Waals surface area contributed by atoms with Crippen LogP contribution in [0.25, 0.3) is 0 Å². The second kappa shape index (κ2) is 7.22. The molecule has 1 rings (SSSR count). The highest BCUT2D eigenvalue weighted by molar-refractivity contribution is 9.06. The zero-order valence-corrected chi connectivity index (χ0v) is 11.8. The summed E-state index contributed by atoms with van der Waals surface area (Å²) in [5.74, 6) is 0. The maximum Gasteiger partial charge on any atom is 0.155 e. The number of aliphatic hydroxyl groups excluding tert-OH is 2. The largest absolute Gasteiger partial charge is 0.388 e. The number of halogens is 2. The van der Waals surface area contributed by atoms with Crippen molar-refractivity contribution in [2.45, 2.75) is 37.6 Å². The lowest BCUT2D eigenvalue weighted by atomic mass is 10.0. The lowest BCUT2D eigenvalue weighted by Crippen LogP contribution is -2.47. The van der Waals surface area contributed by atoms with Crippen molar-refractivity contribution >= 4 is 32.5 Å². The Bertz CT molecular complexity index is 207. The van der Waals surface area contributed by atoms with Crippen molar-refractivity contribution in [3.8, 4) is 0 Å². The topological polar surface area (TPSA) is 77.4 Å². The molecule has 1 fully saturated rings. The fraction of sp³-hybridized carbons (Fsp3) is 1.00. The van der Waals surface area contributed by atoms with E-state index in [0.717, 1.165) is 0 Å². The van der Waals surface area contributed by atoms with Crippen LogP contribution in [0, 0.1) is 0 Å². The summed E-state index contributed by atoms with van der Waals surface area (Å²) < 4.78 is 19.9. The van der Waals surface area contributed by atoms with Crippen molar-refractivity contribution in [2.24, 2.45) is 0 Å². The SMILES string of the molecule is CC1OC[C@@H]([C@@H](O)[C@H](OBr)[C@H](O)COBr)O1. The van der Waals surface area contributed by atoms with Crippen molar-refractivity contribution in [3.05, 3.63) is 0 Å². The van der Waals surface area contributed by atoms with Crippen molar-refractivity contribution in [3.63, 3.8) is 0 Å². The van der Waals surface area contributed by atoms with Crippen LogP contribution in [-0.4, -0.2) is 54.1 Å². The van der Waals surface area contributed by atoms with E-state index in [2.05, 4.69) is 36.3 Å². The van der Waals surface area contributed by atoms with E-state index in [1.54, 1.807) is 6.92 Å². The van der Waals surface area contributed by atoms with Crippen LogP contribution in [0.2, 0.25) is 0 Å². The summed E-state index contributed by atoms with van der Waals surface area (Å²) in [7, 11) is 0. The third-order valence-electron chi connectivity index (χ3n) is 2.30. The maximum atomic E-state index is 9.93. The van der Waals surface area contributed by atoms with Crippen LogP contribution in [0.15, 0.2) is 0 Å². The van der Waals surface area contributed by atoms with Gasteiger partial charge < -0.3 is 23.5 Å². The molecule has 5 atom stereocenters. The number of aliphatic hydroxyl groups is 2. The summed E-state index contributed by atoms with van der Waals surface area (Å²) in [6.45, 7) is 1.97. The van der Waals surface area contributed by atoms with Crippen molar-refractivity contribution in [1.82, 2.24) is 0 Å². The molecule has 0 aromatic heterocycles. The molecule has 0 aromatic rings. The van der Waals surface area contributed by atoms with Gasteiger partial charge in [0.1, 0.15) is 24.4 Å². The molecule has 96 valence electrons. The molecule has 6 nitrogen and oxygen atoms in total. The first-order valence-corrected chi connectivity index (χ1v) is 6.03. The van der Waals surface area contributed by atoms with Gasteiger partial charge in [0, 0.05) is 0 Å². The Labute approximate surface area is 111 Å². The summed E-state index contributed by atoms with van der Waals surface area (Å²) in [6, 6.07) is 0. The Morgan fingerprint density at radius 2 is 2.12 bits per heavy atom. The molecule has 1 aliphatic heterocycles. The summed E-state index contributed by atoms with van der Waals surface area (Å²) >= 11 is 5.48. The quantitative estimate of drug-likeness (QED) is 0.713. The summed E-state index contributed by atoms with van der Waals surface area (Å²) in [5.41, 5.74) is 0. The van der Waals surface area contributed by atoms with Crippen LogP contribution in [-0.2, 0) is 17.1 Å². The highest BCUT2D eigenvalue weighted by atomic mass is 79.9. The van der Waals surface area contributed by atoms with Gasteiger partial charge >= 0.3 is 0 Å². The second-order valence-electron chi connectivity index (χ2n) is 3.46. The fourth-order valence-electron chi connectivity index (χ4n) is 1.44. The standard InChI is InChI=1S/C8H14Br2O6/c1-4-13-3-6(15-4)7(12)8(16-10)5(11)2-14-9/h4-8,11-12H,2-3H2,1H3/t4?,5-,6+,7-,8-/m1/s1. The zero-order valence-electron chi connectivity index (χ0n) is 8.58. The van der Waals surface area contributed by atoms with Gasteiger partial charge in [-0.25, -0.2) is 0 Å². The van der Waals surface area contributed by atoms with Gasteiger partial charge in [-0.15, -0.1) is 0 Å². The molecule has 1 aliphatic rings. The molecule has 2 N–H and O–H groups in total. The molecule has 1 heterocycles. The zero-order chi connectivity index (χ0) is 12.1. The van der Waals surface area contributed by atoms with Crippen LogP contribution in [0.5, 0.6) is 0 Å². The van der Waals surface area contributed by atoms with E-state index in [-0.39, 0.29) is 19.5 Å². The molecule has 0 amide bonds. The molecule has 0 bridgehead atoms. The molecule has 0 aliphatic carbocycles. The van der Waals surface area contributed by atoms with E-state index < -0.39 is 24.4 Å². The van der Waals surface area contributed by atoms with E-state index in [9.17, 15) is 10.2 Å². The highest BCUT2D eigenvalue weighted by Gasteiger charge is 2.38. The molecule has 0 radical (unpaired) electrons. The second-order valence-corrected chi connectivity index (χ2v) is 4.29. The molecule has 1 unspecified atom stereocenters. The minimum absolute atomic E-state index is 0.0174. The van der Waals surface area contributed by atoms with Crippen molar-refractivity contribution in [2.75, 3.05) is 13.2 Å². The summed E-state index contributed by atoms with van der Waals surface area (Å²) in [6.07, 6.45) is -3.76. The number of hydrogen-bond donors (Lipinski definition) is 2. The normalized spacial score (nSPS) is 31.3. The lowest BCUT2D eigenvalue weighted by molar-refractivity contribution is -0.112. The van der Waals surface area contributed by atoms with E-state index in [0.29, 0.717) is 0 Å². The molecular formula is C8H14Br2O6. The van der Waals surface area contributed by atoms with Crippen molar-refractivity contribution in [1.29, 1.82) is 0 Å². The number of rotatable bonds is 6. The smallest absolute Gasteiger partial charge is 0.155 e. The highest BCUT2D eigenvalue weighted by Crippen LogP contribution is 2.20. The predicted octanol–water partition coefficient (Wildman–Crippen LogP) is 0.491. The molecule has 1 saturated heterocycles. The van der Waals surface area contributed by atoms with Gasteiger partial charge in [-0.05, 0) is 6.92 Å². The fourth-order valence-corrected chi connectivity index (χ4v) is 2.19.